The van der Waals surface area contributed by atoms with E-state index in [1.54, 1.807) is 4.90 Å². The zero-order valence-corrected chi connectivity index (χ0v) is 11.7. The molecule has 0 unspecified atom stereocenters. The minimum absolute atomic E-state index is 0.144. The van der Waals surface area contributed by atoms with Gasteiger partial charge in [-0.3, -0.25) is 4.79 Å². The molecule has 0 bridgehead atoms. The number of H-pyrrole nitrogens is 1. The van der Waals surface area contributed by atoms with Crippen molar-refractivity contribution in [1.82, 2.24) is 9.88 Å². The Labute approximate surface area is 113 Å². The number of benzene rings is 1. The van der Waals surface area contributed by atoms with Crippen molar-refractivity contribution in [3.05, 3.63) is 47.7 Å². The van der Waals surface area contributed by atoms with E-state index in [-0.39, 0.29) is 5.91 Å². The molecule has 1 aromatic heterocycles. The van der Waals surface area contributed by atoms with Crippen LogP contribution in [0.15, 0.2) is 42.1 Å². The molecule has 0 aliphatic rings. The number of allylic oxidation sites excluding steroid dienone is 1. The second kappa shape index (κ2) is 5.74. The number of hydrogen-bond acceptors (Lipinski definition) is 1. The van der Waals surface area contributed by atoms with Crippen LogP contribution in [0.3, 0.4) is 0 Å². The smallest absolute Gasteiger partial charge is 0.227 e. The number of fused-ring (bicyclic) bond motifs is 1. The van der Waals surface area contributed by atoms with Crippen LogP contribution >= 0.6 is 0 Å². The average molecular weight is 256 g/mol. The standard InChI is InChI=1S/C16H20N2O/c1-4-12(2)11-18(3)16(19)9-13-10-17-15-8-6-5-7-14(13)15/h4-8,10,17H,9,11H2,1-3H3/b12-4+. The molecular weight excluding hydrogens is 236 g/mol. The van der Waals surface area contributed by atoms with E-state index in [9.17, 15) is 4.79 Å². The molecule has 0 saturated carbocycles. The Morgan fingerprint density at radius 1 is 1.37 bits per heavy atom. The predicted molar refractivity (Wildman–Crippen MR) is 79.1 cm³/mol. The molecule has 19 heavy (non-hydrogen) atoms. The molecule has 0 atom stereocenters. The molecule has 2 aromatic rings. The molecule has 1 amide bonds. The highest BCUT2D eigenvalue weighted by Gasteiger charge is 2.12. The lowest BCUT2D eigenvalue weighted by atomic mass is 10.1. The summed E-state index contributed by atoms with van der Waals surface area (Å²) < 4.78 is 0. The van der Waals surface area contributed by atoms with E-state index >= 15 is 0 Å². The van der Waals surface area contributed by atoms with E-state index in [0.717, 1.165) is 16.5 Å². The average Bonchev–Trinajstić information content (AvgIpc) is 2.82. The molecule has 3 nitrogen and oxygen atoms in total. The number of likely N-dealkylation sites (N-methyl/N-ethyl adjacent to an activating group) is 1. The third-order valence-electron chi connectivity index (χ3n) is 3.42. The Morgan fingerprint density at radius 3 is 2.84 bits per heavy atom. The molecule has 1 aromatic carbocycles. The summed E-state index contributed by atoms with van der Waals surface area (Å²) >= 11 is 0. The van der Waals surface area contributed by atoms with Gasteiger partial charge in [0.2, 0.25) is 5.91 Å². The van der Waals surface area contributed by atoms with Crippen molar-refractivity contribution < 1.29 is 4.79 Å². The fourth-order valence-electron chi connectivity index (χ4n) is 2.13. The quantitative estimate of drug-likeness (QED) is 0.838. The van der Waals surface area contributed by atoms with Gasteiger partial charge in [0.05, 0.1) is 6.42 Å². The number of nitrogens with zero attached hydrogens (tertiary/aromatic N) is 1. The molecule has 2 rings (SSSR count). The van der Waals surface area contributed by atoms with Gasteiger partial charge in [0.15, 0.2) is 0 Å². The molecule has 100 valence electrons. The predicted octanol–water partition coefficient (Wildman–Crippen LogP) is 3.14. The minimum Gasteiger partial charge on any atom is -0.361 e. The van der Waals surface area contributed by atoms with Crippen LogP contribution in [0, 0.1) is 0 Å². The summed E-state index contributed by atoms with van der Waals surface area (Å²) in [5, 5.41) is 1.13. The van der Waals surface area contributed by atoms with E-state index in [1.165, 1.54) is 5.57 Å². The van der Waals surface area contributed by atoms with Gasteiger partial charge in [0.25, 0.3) is 0 Å². The number of nitrogens with one attached hydrogen (secondary N) is 1. The summed E-state index contributed by atoms with van der Waals surface area (Å²) in [4.78, 5) is 17.2. The van der Waals surface area contributed by atoms with Gasteiger partial charge in [-0.05, 0) is 25.5 Å². The largest absolute Gasteiger partial charge is 0.361 e. The maximum atomic E-state index is 12.2. The summed E-state index contributed by atoms with van der Waals surface area (Å²) in [6, 6.07) is 8.06. The van der Waals surface area contributed by atoms with Gasteiger partial charge in [-0.2, -0.15) is 0 Å². The van der Waals surface area contributed by atoms with Gasteiger partial charge in [-0.1, -0.05) is 29.8 Å². The number of para-hydroxylation sites is 1. The third kappa shape index (κ3) is 3.05. The lowest BCUT2D eigenvalue weighted by Gasteiger charge is -2.17. The Kier molecular flexibility index (Phi) is 4.05. The fraction of sp³-hybridized carbons (Fsp3) is 0.312. The molecule has 0 saturated heterocycles. The highest BCUT2D eigenvalue weighted by atomic mass is 16.2. The molecule has 0 spiro atoms. The van der Waals surface area contributed by atoms with Crippen molar-refractivity contribution >= 4 is 16.8 Å². The van der Waals surface area contributed by atoms with Crippen molar-refractivity contribution in [2.24, 2.45) is 0 Å². The number of amides is 1. The van der Waals surface area contributed by atoms with Crippen molar-refractivity contribution in [1.29, 1.82) is 0 Å². The first kappa shape index (κ1) is 13.4. The molecular formula is C16H20N2O. The number of rotatable bonds is 4. The van der Waals surface area contributed by atoms with Gasteiger partial charge in [-0.15, -0.1) is 0 Å². The normalized spacial score (nSPS) is 11.8. The van der Waals surface area contributed by atoms with Crippen LogP contribution in [0.4, 0.5) is 0 Å². The Morgan fingerprint density at radius 2 is 2.11 bits per heavy atom. The number of hydrogen-bond donors (Lipinski definition) is 1. The third-order valence-corrected chi connectivity index (χ3v) is 3.42. The van der Waals surface area contributed by atoms with E-state index < -0.39 is 0 Å². The molecule has 1 heterocycles. The molecule has 0 aliphatic carbocycles. The van der Waals surface area contributed by atoms with Gasteiger partial charge >= 0.3 is 0 Å². The van der Waals surface area contributed by atoms with E-state index in [4.69, 9.17) is 0 Å². The van der Waals surface area contributed by atoms with E-state index in [2.05, 4.69) is 4.98 Å². The van der Waals surface area contributed by atoms with Crippen LogP contribution in [0.5, 0.6) is 0 Å². The fourth-order valence-corrected chi connectivity index (χ4v) is 2.13. The van der Waals surface area contributed by atoms with Gasteiger partial charge in [-0.25, -0.2) is 0 Å². The van der Waals surface area contributed by atoms with Crippen LogP contribution < -0.4 is 0 Å². The highest BCUT2D eigenvalue weighted by molar-refractivity contribution is 5.88. The van der Waals surface area contributed by atoms with Gasteiger partial charge < -0.3 is 9.88 Å². The van der Waals surface area contributed by atoms with Crippen LogP contribution in [-0.4, -0.2) is 29.4 Å². The maximum absolute atomic E-state index is 12.2. The molecule has 0 radical (unpaired) electrons. The summed E-state index contributed by atoms with van der Waals surface area (Å²) in [6.45, 7) is 4.72. The first-order valence-electron chi connectivity index (χ1n) is 6.52. The summed E-state index contributed by atoms with van der Waals surface area (Å²) in [7, 11) is 1.85. The summed E-state index contributed by atoms with van der Waals surface area (Å²) in [5.74, 6) is 0.144. The zero-order chi connectivity index (χ0) is 13.8. The Balaban J connectivity index is 2.10. The minimum atomic E-state index is 0.144. The second-order valence-corrected chi connectivity index (χ2v) is 4.92. The van der Waals surface area contributed by atoms with Crippen molar-refractivity contribution in [3.63, 3.8) is 0 Å². The van der Waals surface area contributed by atoms with Crippen LogP contribution in [0.1, 0.15) is 19.4 Å². The van der Waals surface area contributed by atoms with Crippen molar-refractivity contribution in [2.75, 3.05) is 13.6 Å². The monoisotopic (exact) mass is 256 g/mol. The number of aromatic nitrogens is 1. The first-order chi connectivity index (χ1) is 9.11. The molecule has 1 N–H and O–H groups in total. The van der Waals surface area contributed by atoms with Crippen LogP contribution in [0.2, 0.25) is 0 Å². The lowest BCUT2D eigenvalue weighted by molar-refractivity contribution is -0.128. The highest BCUT2D eigenvalue weighted by Crippen LogP contribution is 2.18. The summed E-state index contributed by atoms with van der Waals surface area (Å²) in [6.07, 6.45) is 4.41. The number of aromatic amines is 1. The van der Waals surface area contributed by atoms with Gasteiger partial charge in [0.1, 0.15) is 0 Å². The lowest BCUT2D eigenvalue weighted by Crippen LogP contribution is -2.29. The van der Waals surface area contributed by atoms with Crippen LogP contribution in [-0.2, 0) is 11.2 Å². The molecule has 0 fully saturated rings. The van der Waals surface area contributed by atoms with Crippen molar-refractivity contribution in [3.8, 4) is 0 Å². The number of carbonyl (C=O) groups is 1. The van der Waals surface area contributed by atoms with E-state index in [0.29, 0.717) is 13.0 Å². The van der Waals surface area contributed by atoms with Crippen molar-refractivity contribution in [2.45, 2.75) is 20.3 Å². The zero-order valence-electron chi connectivity index (χ0n) is 11.7. The second-order valence-electron chi connectivity index (χ2n) is 4.92. The maximum Gasteiger partial charge on any atom is 0.227 e. The SMILES string of the molecule is C/C=C(\C)CN(C)C(=O)Cc1c[nH]c2ccccc12. The Bertz CT molecular complexity index is 610. The first-order valence-corrected chi connectivity index (χ1v) is 6.52. The molecule has 3 heteroatoms. The molecule has 0 aliphatic heterocycles. The Hall–Kier alpha value is -2.03. The van der Waals surface area contributed by atoms with E-state index in [1.807, 2.05) is 57.4 Å². The summed E-state index contributed by atoms with van der Waals surface area (Å²) in [5.41, 5.74) is 3.35. The van der Waals surface area contributed by atoms with Gasteiger partial charge in [0, 0.05) is 30.7 Å². The number of carbonyl (C=O) groups excluding carboxylic acids is 1. The van der Waals surface area contributed by atoms with Crippen LogP contribution in [0.25, 0.3) is 10.9 Å². The topological polar surface area (TPSA) is 36.1 Å².